The van der Waals surface area contributed by atoms with E-state index in [1.807, 2.05) is 61.7 Å². The van der Waals surface area contributed by atoms with E-state index in [1.54, 1.807) is 0 Å². The maximum atomic E-state index is 5.85. The highest BCUT2D eigenvalue weighted by Gasteiger charge is 2.15. The van der Waals surface area contributed by atoms with Crippen LogP contribution in [-0.2, 0) is 0 Å². The average molecular weight is 308 g/mol. The monoisotopic (exact) mass is 308 g/mol. The van der Waals surface area contributed by atoms with Gasteiger partial charge in [-0.2, -0.15) is 4.98 Å². The summed E-state index contributed by atoms with van der Waals surface area (Å²) in [7, 11) is 0. The van der Waals surface area contributed by atoms with Crippen molar-refractivity contribution in [2.24, 2.45) is 0 Å². The van der Waals surface area contributed by atoms with Crippen LogP contribution in [-0.4, -0.2) is 22.7 Å². The van der Waals surface area contributed by atoms with Crippen LogP contribution >= 0.6 is 0 Å². The van der Waals surface area contributed by atoms with E-state index < -0.39 is 0 Å². The molecular formula is C18H16N2O3. The summed E-state index contributed by atoms with van der Waals surface area (Å²) in [6.45, 7) is 2.95. The Morgan fingerprint density at radius 2 is 1.83 bits per heavy atom. The van der Waals surface area contributed by atoms with Crippen LogP contribution in [0.1, 0.15) is 6.92 Å². The molecule has 0 fully saturated rings. The summed E-state index contributed by atoms with van der Waals surface area (Å²) in [5.41, 5.74) is 1.48. The molecule has 2 heterocycles. The molecule has 0 amide bonds. The van der Waals surface area contributed by atoms with Crippen LogP contribution in [0.2, 0.25) is 0 Å². The first-order chi connectivity index (χ1) is 11.3. The van der Waals surface area contributed by atoms with Crippen LogP contribution in [0.25, 0.3) is 11.1 Å². The van der Waals surface area contributed by atoms with Gasteiger partial charge in [0.25, 0.3) is 0 Å². The molecule has 1 unspecified atom stereocenters. The molecule has 0 saturated heterocycles. The number of ether oxygens (including phenoxy) is 2. The van der Waals surface area contributed by atoms with E-state index in [9.17, 15) is 0 Å². The number of fused-ring (bicyclic) bond motifs is 1. The van der Waals surface area contributed by atoms with Crippen molar-refractivity contribution in [2.75, 3.05) is 6.54 Å². The first-order valence-corrected chi connectivity index (χ1v) is 7.50. The molecule has 5 heteroatoms. The van der Waals surface area contributed by atoms with E-state index in [2.05, 4.69) is 16.0 Å². The summed E-state index contributed by atoms with van der Waals surface area (Å²) in [6.07, 6.45) is 4.37. The van der Waals surface area contributed by atoms with Gasteiger partial charge in [0.15, 0.2) is 11.8 Å². The molecule has 0 N–H and O–H groups in total. The molecule has 5 nitrogen and oxygen atoms in total. The normalized spacial score (nSPS) is 14.6. The summed E-state index contributed by atoms with van der Waals surface area (Å²) in [5.74, 6) is 1.45. The van der Waals surface area contributed by atoms with Crippen molar-refractivity contribution in [2.45, 2.75) is 13.2 Å². The Morgan fingerprint density at radius 1 is 1.09 bits per heavy atom. The molecule has 0 bridgehead atoms. The van der Waals surface area contributed by atoms with Gasteiger partial charge in [-0.15, -0.1) is 0 Å². The van der Waals surface area contributed by atoms with Gasteiger partial charge in [-0.1, -0.05) is 12.1 Å². The maximum absolute atomic E-state index is 5.85. The first-order valence-electron chi connectivity index (χ1n) is 7.50. The number of para-hydroxylation sites is 2. The van der Waals surface area contributed by atoms with Gasteiger partial charge >= 0.3 is 6.08 Å². The van der Waals surface area contributed by atoms with Crippen molar-refractivity contribution in [3.05, 3.63) is 60.8 Å². The van der Waals surface area contributed by atoms with E-state index in [4.69, 9.17) is 13.9 Å². The van der Waals surface area contributed by atoms with Crippen molar-refractivity contribution < 1.29 is 13.9 Å². The van der Waals surface area contributed by atoms with Crippen LogP contribution < -0.4 is 9.47 Å². The minimum Gasteiger partial charge on any atom is -0.471 e. The molecule has 1 aliphatic rings. The summed E-state index contributed by atoms with van der Waals surface area (Å²) in [4.78, 5) is 6.40. The van der Waals surface area contributed by atoms with E-state index in [-0.39, 0.29) is 12.3 Å². The molecule has 0 aliphatic carbocycles. The van der Waals surface area contributed by atoms with Crippen molar-refractivity contribution in [3.63, 3.8) is 0 Å². The molecule has 3 aromatic rings. The minimum atomic E-state index is 0.0174. The zero-order valence-electron chi connectivity index (χ0n) is 12.7. The number of nitrogens with zero attached hydrogens (tertiary/aromatic N) is 2. The van der Waals surface area contributed by atoms with Crippen LogP contribution in [0.5, 0.6) is 17.6 Å². The first kappa shape index (κ1) is 13.7. The zero-order valence-corrected chi connectivity index (χ0v) is 12.7. The third-order valence-electron chi connectivity index (χ3n) is 3.69. The second-order valence-electron chi connectivity index (χ2n) is 5.32. The largest absolute Gasteiger partial charge is 0.471 e. The molecule has 23 heavy (non-hydrogen) atoms. The second kappa shape index (κ2) is 5.68. The molecule has 1 atom stereocenters. The Morgan fingerprint density at radius 3 is 2.52 bits per heavy atom. The van der Waals surface area contributed by atoms with Crippen molar-refractivity contribution in [3.8, 4) is 17.6 Å². The number of hydrogen-bond donors (Lipinski definition) is 0. The molecule has 116 valence electrons. The lowest BCUT2D eigenvalue weighted by Gasteiger charge is -2.31. The fraction of sp³-hybridized carbons (Fsp3) is 0.167. The van der Waals surface area contributed by atoms with Crippen LogP contribution in [0.3, 0.4) is 0 Å². The Bertz CT molecular complexity index is 806. The van der Waals surface area contributed by atoms with E-state index in [0.717, 1.165) is 17.8 Å². The lowest BCUT2D eigenvalue weighted by atomic mass is 10.3. The highest BCUT2D eigenvalue weighted by molar-refractivity contribution is 5.72. The van der Waals surface area contributed by atoms with E-state index >= 15 is 0 Å². The Hall–Kier alpha value is -2.95. The zero-order chi connectivity index (χ0) is 15.6. The van der Waals surface area contributed by atoms with Gasteiger partial charge in [-0.05, 0) is 49.4 Å². The smallest absolute Gasteiger partial charge is 0.400 e. The highest BCUT2D eigenvalue weighted by atomic mass is 16.6. The van der Waals surface area contributed by atoms with Gasteiger partial charge < -0.3 is 18.8 Å². The van der Waals surface area contributed by atoms with Crippen molar-refractivity contribution >= 4 is 11.1 Å². The summed E-state index contributed by atoms with van der Waals surface area (Å²) >= 11 is 0. The van der Waals surface area contributed by atoms with Crippen molar-refractivity contribution in [1.82, 2.24) is 9.88 Å². The Labute approximate surface area is 133 Å². The SMILES string of the molecule is CC(Oc1ccc(Oc2nc3ccccc3o2)cc1)N1C=CC1. The maximum Gasteiger partial charge on any atom is 0.400 e. The third-order valence-corrected chi connectivity index (χ3v) is 3.69. The fourth-order valence-corrected chi connectivity index (χ4v) is 2.34. The van der Waals surface area contributed by atoms with E-state index in [0.29, 0.717) is 11.3 Å². The Kier molecular flexibility index (Phi) is 3.38. The predicted molar refractivity (Wildman–Crippen MR) is 86.5 cm³/mol. The number of benzene rings is 2. The number of rotatable bonds is 5. The van der Waals surface area contributed by atoms with Crippen LogP contribution in [0, 0.1) is 0 Å². The number of aromatic nitrogens is 1. The van der Waals surface area contributed by atoms with Gasteiger partial charge in [0.05, 0.1) is 0 Å². The van der Waals surface area contributed by atoms with Crippen LogP contribution in [0.15, 0.2) is 65.2 Å². The molecule has 2 aromatic carbocycles. The van der Waals surface area contributed by atoms with Gasteiger partial charge in [0.2, 0.25) is 0 Å². The average Bonchev–Trinajstić information content (AvgIpc) is 2.89. The van der Waals surface area contributed by atoms with Gasteiger partial charge in [-0.25, -0.2) is 0 Å². The molecule has 0 saturated carbocycles. The lowest BCUT2D eigenvalue weighted by molar-refractivity contribution is 0.0738. The number of oxazole rings is 1. The Balaban J connectivity index is 1.44. The molecule has 0 radical (unpaired) electrons. The quantitative estimate of drug-likeness (QED) is 0.708. The standard InChI is InChI=1S/C18H16N2O3/c1-13(20-11-4-12-20)21-14-7-9-15(10-8-14)22-18-19-16-5-2-3-6-17(16)23-18/h2-11,13H,12H2,1H3. The lowest BCUT2D eigenvalue weighted by Crippen LogP contribution is -2.37. The summed E-state index contributed by atoms with van der Waals surface area (Å²) < 4.78 is 17.0. The molecule has 0 spiro atoms. The molecule has 1 aromatic heterocycles. The van der Waals surface area contributed by atoms with Gasteiger partial charge in [0, 0.05) is 12.7 Å². The molecule has 4 rings (SSSR count). The minimum absolute atomic E-state index is 0.0174. The van der Waals surface area contributed by atoms with Gasteiger partial charge in [-0.3, -0.25) is 0 Å². The topological polar surface area (TPSA) is 47.7 Å². The fourth-order valence-electron chi connectivity index (χ4n) is 2.34. The second-order valence-corrected chi connectivity index (χ2v) is 5.32. The summed E-state index contributed by atoms with van der Waals surface area (Å²) in [5, 5.41) is 0. The third kappa shape index (κ3) is 2.85. The predicted octanol–water partition coefficient (Wildman–Crippen LogP) is 4.17. The highest BCUT2D eigenvalue weighted by Crippen LogP contribution is 2.27. The molecular weight excluding hydrogens is 292 g/mol. The summed E-state index contributed by atoms with van der Waals surface area (Å²) in [6, 6.07) is 15.0. The number of hydrogen-bond acceptors (Lipinski definition) is 5. The van der Waals surface area contributed by atoms with Crippen molar-refractivity contribution in [1.29, 1.82) is 0 Å². The molecule has 1 aliphatic heterocycles. The van der Waals surface area contributed by atoms with E-state index in [1.165, 1.54) is 0 Å². The van der Waals surface area contributed by atoms with Gasteiger partial charge in [0.1, 0.15) is 17.0 Å². The van der Waals surface area contributed by atoms with Crippen LogP contribution in [0.4, 0.5) is 0 Å².